The molecule has 1 aliphatic carbocycles. The molecule has 1 aliphatic heterocycles. The molecule has 1 fully saturated rings. The van der Waals surface area contributed by atoms with E-state index in [1.165, 1.54) is 40.8 Å². The highest BCUT2D eigenvalue weighted by Gasteiger charge is 2.26. The molecule has 0 spiro atoms. The SMILES string of the molecule is Cc1ccccc1N1CCOC(C)c2ccc(C3CC3)cc2C1. The Balaban J connectivity index is 1.71. The van der Waals surface area contributed by atoms with Crippen molar-refractivity contribution in [3.8, 4) is 0 Å². The maximum Gasteiger partial charge on any atom is 0.0801 e. The summed E-state index contributed by atoms with van der Waals surface area (Å²) in [7, 11) is 0. The molecule has 0 saturated heterocycles. The highest BCUT2D eigenvalue weighted by atomic mass is 16.5. The van der Waals surface area contributed by atoms with Crippen LogP contribution in [-0.4, -0.2) is 13.2 Å². The fourth-order valence-electron chi connectivity index (χ4n) is 3.67. The number of anilines is 1. The molecule has 0 aromatic heterocycles. The first kappa shape index (κ1) is 14.8. The minimum atomic E-state index is 0.192. The third-order valence-electron chi connectivity index (χ3n) is 5.20. The predicted molar refractivity (Wildman–Crippen MR) is 95.0 cm³/mol. The van der Waals surface area contributed by atoms with E-state index in [1.807, 2.05) is 0 Å². The average molecular weight is 307 g/mol. The van der Waals surface area contributed by atoms with Crippen LogP contribution in [0.1, 0.15) is 54.0 Å². The predicted octanol–water partition coefficient (Wildman–Crippen LogP) is 4.97. The summed E-state index contributed by atoms with van der Waals surface area (Å²) in [6.07, 6.45) is 2.90. The Bertz CT molecular complexity index is 705. The number of hydrogen-bond donors (Lipinski definition) is 0. The van der Waals surface area contributed by atoms with E-state index in [-0.39, 0.29) is 6.10 Å². The molecule has 2 aromatic rings. The zero-order valence-corrected chi connectivity index (χ0v) is 14.1. The van der Waals surface area contributed by atoms with Crippen LogP contribution in [0.15, 0.2) is 42.5 Å². The zero-order chi connectivity index (χ0) is 15.8. The Morgan fingerprint density at radius 2 is 1.91 bits per heavy atom. The third-order valence-corrected chi connectivity index (χ3v) is 5.20. The highest BCUT2D eigenvalue weighted by Crippen LogP contribution is 2.41. The van der Waals surface area contributed by atoms with Gasteiger partial charge in [0, 0.05) is 18.8 Å². The summed E-state index contributed by atoms with van der Waals surface area (Å²) in [5.74, 6) is 0.800. The van der Waals surface area contributed by atoms with E-state index in [0.717, 1.165) is 25.6 Å². The number of nitrogens with zero attached hydrogens (tertiary/aromatic N) is 1. The van der Waals surface area contributed by atoms with Crippen molar-refractivity contribution >= 4 is 5.69 Å². The number of hydrogen-bond acceptors (Lipinski definition) is 2. The Labute approximate surface area is 139 Å². The lowest BCUT2D eigenvalue weighted by molar-refractivity contribution is 0.0672. The molecule has 0 bridgehead atoms. The second-order valence-electron chi connectivity index (χ2n) is 6.95. The molecule has 1 unspecified atom stereocenters. The summed E-state index contributed by atoms with van der Waals surface area (Å²) in [6, 6.07) is 15.7. The Morgan fingerprint density at radius 1 is 1.09 bits per heavy atom. The summed E-state index contributed by atoms with van der Waals surface area (Å²) in [6.45, 7) is 7.08. The molecule has 1 saturated carbocycles. The lowest BCUT2D eigenvalue weighted by Gasteiger charge is -2.32. The number of rotatable bonds is 2. The van der Waals surface area contributed by atoms with Crippen molar-refractivity contribution in [3.05, 3.63) is 64.7 Å². The average Bonchev–Trinajstić information content (AvgIpc) is 3.37. The van der Waals surface area contributed by atoms with Crippen LogP contribution in [0, 0.1) is 6.92 Å². The number of benzene rings is 2. The minimum Gasteiger partial charge on any atom is -0.372 e. The van der Waals surface area contributed by atoms with Gasteiger partial charge in [0.05, 0.1) is 12.7 Å². The van der Waals surface area contributed by atoms with Gasteiger partial charge in [-0.15, -0.1) is 0 Å². The van der Waals surface area contributed by atoms with Crippen molar-refractivity contribution in [1.82, 2.24) is 0 Å². The van der Waals surface area contributed by atoms with Gasteiger partial charge in [0.15, 0.2) is 0 Å². The summed E-state index contributed by atoms with van der Waals surface area (Å²) in [4.78, 5) is 2.47. The van der Waals surface area contributed by atoms with Crippen LogP contribution < -0.4 is 4.90 Å². The lowest BCUT2D eigenvalue weighted by Crippen LogP contribution is -2.31. The van der Waals surface area contributed by atoms with Crippen LogP contribution in [-0.2, 0) is 11.3 Å². The van der Waals surface area contributed by atoms with Crippen LogP contribution in [0.4, 0.5) is 5.69 Å². The normalized spacial score (nSPS) is 21.5. The van der Waals surface area contributed by atoms with Gasteiger partial charge in [-0.3, -0.25) is 0 Å². The first-order valence-electron chi connectivity index (χ1n) is 8.77. The van der Waals surface area contributed by atoms with Crippen molar-refractivity contribution < 1.29 is 4.74 Å². The molecule has 2 heteroatoms. The number of ether oxygens (including phenoxy) is 1. The van der Waals surface area contributed by atoms with Gasteiger partial charge in [0.2, 0.25) is 0 Å². The first-order chi connectivity index (χ1) is 11.2. The molecule has 2 aromatic carbocycles. The Kier molecular flexibility index (Phi) is 3.86. The zero-order valence-electron chi connectivity index (χ0n) is 14.1. The fraction of sp³-hybridized carbons (Fsp3) is 0.429. The minimum absolute atomic E-state index is 0.192. The van der Waals surface area contributed by atoms with Crippen molar-refractivity contribution in [2.75, 3.05) is 18.1 Å². The van der Waals surface area contributed by atoms with E-state index in [2.05, 4.69) is 61.2 Å². The van der Waals surface area contributed by atoms with Gasteiger partial charge < -0.3 is 9.64 Å². The molecule has 0 N–H and O–H groups in total. The van der Waals surface area contributed by atoms with E-state index < -0.39 is 0 Å². The number of fused-ring (bicyclic) bond motifs is 1. The largest absolute Gasteiger partial charge is 0.372 e. The molecular weight excluding hydrogens is 282 g/mol. The van der Waals surface area contributed by atoms with Gasteiger partial charge in [-0.2, -0.15) is 0 Å². The highest BCUT2D eigenvalue weighted by molar-refractivity contribution is 5.54. The standard InChI is InChI=1S/C21H25NO/c1-15-5-3-4-6-21(15)22-11-12-23-16(2)20-10-9-18(17-7-8-17)13-19(20)14-22/h3-6,9-10,13,16-17H,7-8,11-12,14H2,1-2H3. The molecule has 0 radical (unpaired) electrons. The Morgan fingerprint density at radius 3 is 2.70 bits per heavy atom. The van der Waals surface area contributed by atoms with Crippen molar-refractivity contribution in [3.63, 3.8) is 0 Å². The number of aryl methyl sites for hydroxylation is 1. The molecule has 2 aliphatic rings. The van der Waals surface area contributed by atoms with Gasteiger partial charge in [-0.25, -0.2) is 0 Å². The maximum absolute atomic E-state index is 6.08. The monoisotopic (exact) mass is 307 g/mol. The smallest absolute Gasteiger partial charge is 0.0801 e. The molecule has 2 nitrogen and oxygen atoms in total. The second-order valence-corrected chi connectivity index (χ2v) is 6.95. The van der Waals surface area contributed by atoms with Gasteiger partial charge >= 0.3 is 0 Å². The van der Waals surface area contributed by atoms with Gasteiger partial charge in [-0.1, -0.05) is 36.4 Å². The van der Waals surface area contributed by atoms with Crippen LogP contribution in [0.25, 0.3) is 0 Å². The molecule has 1 heterocycles. The molecule has 1 atom stereocenters. The quantitative estimate of drug-likeness (QED) is 0.776. The molecule has 23 heavy (non-hydrogen) atoms. The van der Waals surface area contributed by atoms with Crippen LogP contribution >= 0.6 is 0 Å². The molecular formula is C21H25NO. The summed E-state index contributed by atoms with van der Waals surface area (Å²) in [5, 5.41) is 0. The first-order valence-corrected chi connectivity index (χ1v) is 8.77. The summed E-state index contributed by atoms with van der Waals surface area (Å²) >= 11 is 0. The van der Waals surface area contributed by atoms with E-state index in [1.54, 1.807) is 0 Å². The number of para-hydroxylation sites is 1. The topological polar surface area (TPSA) is 12.5 Å². The Hall–Kier alpha value is -1.80. The van der Waals surface area contributed by atoms with E-state index in [0.29, 0.717) is 0 Å². The van der Waals surface area contributed by atoms with Crippen molar-refractivity contribution in [2.45, 2.75) is 45.3 Å². The van der Waals surface area contributed by atoms with E-state index in [9.17, 15) is 0 Å². The van der Waals surface area contributed by atoms with Gasteiger partial charge in [0.1, 0.15) is 0 Å². The van der Waals surface area contributed by atoms with Crippen LogP contribution in [0.2, 0.25) is 0 Å². The summed E-state index contributed by atoms with van der Waals surface area (Å²) < 4.78 is 6.08. The fourth-order valence-corrected chi connectivity index (χ4v) is 3.67. The van der Waals surface area contributed by atoms with Crippen LogP contribution in [0.5, 0.6) is 0 Å². The van der Waals surface area contributed by atoms with E-state index >= 15 is 0 Å². The van der Waals surface area contributed by atoms with Crippen molar-refractivity contribution in [1.29, 1.82) is 0 Å². The van der Waals surface area contributed by atoms with Crippen LogP contribution in [0.3, 0.4) is 0 Å². The maximum atomic E-state index is 6.08. The molecule has 0 amide bonds. The molecule has 120 valence electrons. The van der Waals surface area contributed by atoms with Gasteiger partial charge in [0.25, 0.3) is 0 Å². The lowest BCUT2D eigenvalue weighted by atomic mass is 9.97. The van der Waals surface area contributed by atoms with E-state index in [4.69, 9.17) is 4.74 Å². The van der Waals surface area contributed by atoms with Gasteiger partial charge in [-0.05, 0) is 60.9 Å². The summed E-state index contributed by atoms with van der Waals surface area (Å²) in [5.41, 5.74) is 6.97. The second kappa shape index (κ2) is 6.01. The third kappa shape index (κ3) is 3.00. The molecule has 4 rings (SSSR count). The van der Waals surface area contributed by atoms with Crippen molar-refractivity contribution in [2.24, 2.45) is 0 Å².